The molecule has 3 heterocycles. The third-order valence-corrected chi connectivity index (χ3v) is 5.83. The van der Waals surface area contributed by atoms with Crippen LogP contribution in [0.4, 0.5) is 11.5 Å². The third kappa shape index (κ3) is 3.82. The van der Waals surface area contributed by atoms with E-state index in [2.05, 4.69) is 15.3 Å². The molecule has 5 rings (SSSR count). The predicted octanol–water partition coefficient (Wildman–Crippen LogP) is 3.98. The summed E-state index contributed by atoms with van der Waals surface area (Å²) in [6, 6.07) is 9.17. The van der Waals surface area contributed by atoms with E-state index in [0.29, 0.717) is 41.3 Å². The van der Waals surface area contributed by atoms with Gasteiger partial charge in [-0.2, -0.15) is 0 Å². The molecule has 2 aliphatic heterocycles. The van der Waals surface area contributed by atoms with Crippen molar-refractivity contribution in [3.8, 4) is 17.2 Å². The van der Waals surface area contributed by atoms with Crippen LogP contribution in [0, 0.1) is 0 Å². The van der Waals surface area contributed by atoms with Crippen LogP contribution >= 0.6 is 11.6 Å². The molecule has 0 bridgehead atoms. The van der Waals surface area contributed by atoms with Gasteiger partial charge in [0, 0.05) is 23.7 Å². The minimum absolute atomic E-state index is 0.0341. The average Bonchev–Trinajstić information content (AvgIpc) is 3.40. The van der Waals surface area contributed by atoms with Crippen molar-refractivity contribution in [1.82, 2.24) is 9.97 Å². The number of nitrogens with zero attached hydrogens (tertiary/aromatic N) is 2. The van der Waals surface area contributed by atoms with Gasteiger partial charge in [-0.3, -0.25) is 0 Å². The predicted molar refractivity (Wildman–Crippen MR) is 116 cm³/mol. The number of fused-ring (bicyclic) bond motifs is 2. The topological polar surface area (TPSA) is 84.0 Å². The van der Waals surface area contributed by atoms with Crippen LogP contribution in [-0.4, -0.2) is 55.7 Å². The van der Waals surface area contributed by atoms with Crippen molar-refractivity contribution in [2.24, 2.45) is 0 Å². The van der Waals surface area contributed by atoms with Gasteiger partial charge in [0.1, 0.15) is 24.0 Å². The minimum atomic E-state index is -0.155. The molecule has 1 aromatic heterocycles. The van der Waals surface area contributed by atoms with E-state index in [-0.39, 0.29) is 18.3 Å². The molecule has 3 atom stereocenters. The third-order valence-electron chi connectivity index (χ3n) is 5.53. The van der Waals surface area contributed by atoms with Gasteiger partial charge in [0.2, 0.25) is 0 Å². The summed E-state index contributed by atoms with van der Waals surface area (Å²) in [6.45, 7) is 1.21. The minimum Gasteiger partial charge on any atom is -0.493 e. The Labute approximate surface area is 184 Å². The number of anilines is 2. The van der Waals surface area contributed by atoms with Crippen molar-refractivity contribution in [3.05, 3.63) is 41.7 Å². The Hall–Kier alpha value is -2.81. The number of hydrogen-bond donors (Lipinski definition) is 1. The molecule has 1 N–H and O–H groups in total. The molecule has 2 saturated heterocycles. The molecule has 162 valence electrons. The van der Waals surface area contributed by atoms with Gasteiger partial charge in [0.05, 0.1) is 37.5 Å². The van der Waals surface area contributed by atoms with Crippen LogP contribution < -0.4 is 19.5 Å². The number of ether oxygens (including phenoxy) is 5. The van der Waals surface area contributed by atoms with Gasteiger partial charge >= 0.3 is 0 Å². The Bertz CT molecular complexity index is 1110. The molecule has 0 unspecified atom stereocenters. The SMILES string of the molecule is COc1cc2ncnc(Nc3ccc(O[C@H]4CO[C@@H]5CCO[C@H]45)c(Cl)c3)c2cc1OC. The molecular formula is C22H22ClN3O5. The van der Waals surface area contributed by atoms with Crippen LogP contribution in [0.25, 0.3) is 10.9 Å². The zero-order valence-electron chi connectivity index (χ0n) is 17.1. The van der Waals surface area contributed by atoms with E-state index in [4.69, 9.17) is 35.3 Å². The van der Waals surface area contributed by atoms with Gasteiger partial charge in [0.15, 0.2) is 17.6 Å². The maximum atomic E-state index is 6.51. The second-order valence-electron chi connectivity index (χ2n) is 7.37. The Morgan fingerprint density at radius 3 is 2.68 bits per heavy atom. The fourth-order valence-electron chi connectivity index (χ4n) is 3.99. The van der Waals surface area contributed by atoms with Crippen LogP contribution in [-0.2, 0) is 9.47 Å². The van der Waals surface area contributed by atoms with Gasteiger partial charge < -0.3 is 29.0 Å². The smallest absolute Gasteiger partial charge is 0.162 e. The summed E-state index contributed by atoms with van der Waals surface area (Å²) in [6.07, 6.45) is 2.33. The fraction of sp³-hybridized carbons (Fsp3) is 0.364. The molecular weight excluding hydrogens is 422 g/mol. The Morgan fingerprint density at radius 1 is 1.03 bits per heavy atom. The molecule has 2 fully saturated rings. The van der Waals surface area contributed by atoms with Crippen LogP contribution in [0.2, 0.25) is 5.02 Å². The lowest BCUT2D eigenvalue weighted by molar-refractivity contribution is 0.0309. The number of benzene rings is 2. The highest BCUT2D eigenvalue weighted by Gasteiger charge is 2.43. The lowest BCUT2D eigenvalue weighted by Gasteiger charge is -2.19. The Balaban J connectivity index is 1.38. The van der Waals surface area contributed by atoms with Crippen LogP contribution in [0.5, 0.6) is 17.2 Å². The molecule has 0 amide bonds. The largest absolute Gasteiger partial charge is 0.493 e. The molecule has 0 saturated carbocycles. The molecule has 31 heavy (non-hydrogen) atoms. The molecule has 2 aliphatic rings. The van der Waals surface area contributed by atoms with E-state index in [0.717, 1.165) is 23.0 Å². The number of rotatable bonds is 6. The van der Waals surface area contributed by atoms with E-state index in [9.17, 15) is 0 Å². The van der Waals surface area contributed by atoms with Gasteiger partial charge in [0.25, 0.3) is 0 Å². The van der Waals surface area contributed by atoms with Crippen molar-refractivity contribution in [1.29, 1.82) is 0 Å². The molecule has 3 aromatic rings. The second-order valence-corrected chi connectivity index (χ2v) is 7.78. The quantitative estimate of drug-likeness (QED) is 0.612. The molecule has 0 aliphatic carbocycles. The molecule has 0 spiro atoms. The van der Waals surface area contributed by atoms with Crippen molar-refractivity contribution in [2.75, 3.05) is 32.8 Å². The lowest BCUT2D eigenvalue weighted by Crippen LogP contribution is -2.32. The zero-order chi connectivity index (χ0) is 21.4. The van der Waals surface area contributed by atoms with Crippen molar-refractivity contribution < 1.29 is 23.7 Å². The first-order valence-corrected chi connectivity index (χ1v) is 10.4. The van der Waals surface area contributed by atoms with Gasteiger partial charge in [-0.15, -0.1) is 0 Å². The van der Waals surface area contributed by atoms with Crippen molar-refractivity contribution >= 4 is 34.0 Å². The van der Waals surface area contributed by atoms with Gasteiger partial charge in [-0.25, -0.2) is 9.97 Å². The van der Waals surface area contributed by atoms with Gasteiger partial charge in [-0.1, -0.05) is 11.6 Å². The number of aromatic nitrogens is 2. The van der Waals surface area contributed by atoms with Gasteiger partial charge in [-0.05, 0) is 30.7 Å². The number of hydrogen-bond acceptors (Lipinski definition) is 8. The molecule has 2 aromatic carbocycles. The Kier molecular flexibility index (Phi) is 5.43. The highest BCUT2D eigenvalue weighted by Crippen LogP contribution is 2.36. The highest BCUT2D eigenvalue weighted by atomic mass is 35.5. The van der Waals surface area contributed by atoms with Crippen LogP contribution in [0.15, 0.2) is 36.7 Å². The first kappa shape index (κ1) is 20.1. The molecule has 8 nitrogen and oxygen atoms in total. The summed E-state index contributed by atoms with van der Waals surface area (Å²) in [4.78, 5) is 8.71. The van der Waals surface area contributed by atoms with E-state index in [1.165, 1.54) is 6.33 Å². The maximum absolute atomic E-state index is 6.51. The molecule has 9 heteroatoms. The first-order chi connectivity index (χ1) is 15.2. The average molecular weight is 444 g/mol. The summed E-state index contributed by atoms with van der Waals surface area (Å²) in [5.74, 6) is 2.42. The normalized spacial score (nSPS) is 22.4. The first-order valence-electron chi connectivity index (χ1n) is 9.99. The number of methoxy groups -OCH3 is 2. The number of halogens is 1. The number of nitrogens with one attached hydrogen (secondary N) is 1. The second kappa shape index (κ2) is 8.37. The van der Waals surface area contributed by atoms with E-state index in [1.807, 2.05) is 24.3 Å². The maximum Gasteiger partial charge on any atom is 0.162 e. The van der Waals surface area contributed by atoms with E-state index < -0.39 is 0 Å². The summed E-state index contributed by atoms with van der Waals surface area (Å²) >= 11 is 6.51. The van der Waals surface area contributed by atoms with Crippen molar-refractivity contribution in [2.45, 2.75) is 24.7 Å². The fourth-order valence-corrected chi connectivity index (χ4v) is 4.21. The van der Waals surface area contributed by atoms with E-state index in [1.54, 1.807) is 20.3 Å². The van der Waals surface area contributed by atoms with E-state index >= 15 is 0 Å². The lowest BCUT2D eigenvalue weighted by atomic mass is 10.1. The summed E-state index contributed by atoms with van der Waals surface area (Å²) in [5.41, 5.74) is 1.50. The molecule has 0 radical (unpaired) electrons. The standard InChI is InChI=1S/C22H22ClN3O5/c1-27-18-8-13-15(9-19(18)28-2)24-11-25-22(13)26-12-3-4-16(14(23)7-12)31-20-10-30-17-5-6-29-21(17)20/h3-4,7-9,11,17,20-21H,5-6,10H2,1-2H3,(H,24,25,26)/t17-,20+,21+/m1/s1. The van der Waals surface area contributed by atoms with Crippen LogP contribution in [0.1, 0.15) is 6.42 Å². The highest BCUT2D eigenvalue weighted by molar-refractivity contribution is 6.32. The summed E-state index contributed by atoms with van der Waals surface area (Å²) in [5, 5.41) is 4.58. The van der Waals surface area contributed by atoms with Crippen LogP contribution in [0.3, 0.4) is 0 Å². The zero-order valence-corrected chi connectivity index (χ0v) is 17.9. The van der Waals surface area contributed by atoms with Crippen molar-refractivity contribution in [3.63, 3.8) is 0 Å². The summed E-state index contributed by atoms with van der Waals surface area (Å²) in [7, 11) is 3.18. The Morgan fingerprint density at radius 2 is 1.87 bits per heavy atom. The monoisotopic (exact) mass is 443 g/mol. The summed E-state index contributed by atoms with van der Waals surface area (Å²) < 4.78 is 28.3.